The molecule has 0 saturated carbocycles. The van der Waals surface area contributed by atoms with Gasteiger partial charge in [-0.05, 0) is 76.9 Å². The highest BCUT2D eigenvalue weighted by atomic mass is 15.4. The lowest BCUT2D eigenvalue weighted by Crippen LogP contribution is -2.47. The molecular formula is C45H34N4. The molecule has 0 bridgehead atoms. The Morgan fingerprint density at radius 2 is 1.12 bits per heavy atom. The summed E-state index contributed by atoms with van der Waals surface area (Å²) in [6, 6.07) is 53.9. The first-order valence-electron chi connectivity index (χ1n) is 17.3. The summed E-state index contributed by atoms with van der Waals surface area (Å²) in [4.78, 5) is 0. The number of nitrogens with one attached hydrogen (secondary N) is 2. The van der Waals surface area contributed by atoms with Crippen LogP contribution < -0.4 is 10.6 Å². The van der Waals surface area contributed by atoms with Gasteiger partial charge in [0.25, 0.3) is 0 Å². The molecule has 1 aliphatic carbocycles. The Labute approximate surface area is 284 Å². The molecule has 6 aromatic carbocycles. The molecule has 4 atom stereocenters. The largest absolute Gasteiger partial charge is 0.309 e. The van der Waals surface area contributed by atoms with Gasteiger partial charge in [0.1, 0.15) is 0 Å². The van der Waals surface area contributed by atoms with Gasteiger partial charge >= 0.3 is 0 Å². The van der Waals surface area contributed by atoms with Gasteiger partial charge in [-0.25, -0.2) is 0 Å². The maximum Gasteiger partial charge on any atom is 0.0781 e. The van der Waals surface area contributed by atoms with Gasteiger partial charge in [0.05, 0.1) is 34.3 Å². The normalized spacial score (nSPS) is 22.8. The van der Waals surface area contributed by atoms with Crippen LogP contribution in [0.4, 0.5) is 0 Å². The van der Waals surface area contributed by atoms with E-state index in [0.29, 0.717) is 12.2 Å². The zero-order valence-corrected chi connectivity index (χ0v) is 27.1. The van der Waals surface area contributed by atoms with E-state index in [1.165, 1.54) is 77.3 Å². The number of rotatable bonds is 4. The molecule has 2 fully saturated rings. The van der Waals surface area contributed by atoms with Gasteiger partial charge in [0, 0.05) is 44.4 Å². The standard InChI is InChI=1S/C45H34N4/c1-45(30-21-22-35-33-16-8-10-18-38(33)49(41(35)26-30)32-14-6-3-7-15-32)27-29(25-37-42-44(46-42)47-43(37)45)28-20-23-40-36(24-28)34-17-9-11-19-39(34)48(40)31-12-4-2-5-13-31/h2-27,42-44,46-47H,1H3/t42?,43?,44-,45?/m1/s1. The summed E-state index contributed by atoms with van der Waals surface area (Å²) in [6.07, 6.45) is 5.34. The summed E-state index contributed by atoms with van der Waals surface area (Å²) in [7, 11) is 0. The van der Waals surface area contributed by atoms with Crippen LogP contribution >= 0.6 is 0 Å². The molecule has 0 spiro atoms. The number of para-hydroxylation sites is 4. The van der Waals surface area contributed by atoms with Crippen molar-refractivity contribution in [2.45, 2.75) is 30.6 Å². The number of hydrogen-bond donors (Lipinski definition) is 2. The Bertz CT molecular complexity index is 2690. The second-order valence-corrected chi connectivity index (χ2v) is 14.1. The van der Waals surface area contributed by atoms with Crippen LogP contribution in [0, 0.1) is 0 Å². The van der Waals surface area contributed by atoms with E-state index in [2.05, 4.69) is 184 Å². The number of fused-ring (bicyclic) bond motifs is 9. The molecule has 3 unspecified atom stereocenters. The summed E-state index contributed by atoms with van der Waals surface area (Å²) in [6.45, 7) is 2.43. The Morgan fingerprint density at radius 3 is 1.84 bits per heavy atom. The molecule has 2 saturated heterocycles. The van der Waals surface area contributed by atoms with Crippen LogP contribution in [0.2, 0.25) is 0 Å². The SMILES string of the molecule is CC1(c2ccc3c4ccccc4n(-c4ccccc4)c3c2)C=C(c2ccc3c(c2)c2ccccc2n3-c2ccccc2)C=C2C3N[C@@H]3NC21. The van der Waals surface area contributed by atoms with Gasteiger partial charge in [-0.1, -0.05) is 110 Å². The third-order valence-electron chi connectivity index (χ3n) is 11.3. The first-order valence-corrected chi connectivity index (χ1v) is 17.3. The smallest absolute Gasteiger partial charge is 0.0781 e. The molecule has 4 heterocycles. The van der Waals surface area contributed by atoms with Crippen molar-refractivity contribution in [2.75, 3.05) is 0 Å². The molecule has 49 heavy (non-hydrogen) atoms. The van der Waals surface area contributed by atoms with E-state index >= 15 is 0 Å². The Morgan fingerprint density at radius 1 is 0.531 bits per heavy atom. The Kier molecular flexibility index (Phi) is 5.53. The molecule has 4 heteroatoms. The first-order chi connectivity index (χ1) is 24.2. The monoisotopic (exact) mass is 630 g/mol. The molecule has 8 aromatic rings. The molecule has 2 N–H and O–H groups in total. The highest BCUT2D eigenvalue weighted by molar-refractivity contribution is 6.11. The van der Waals surface area contributed by atoms with Crippen LogP contribution in [0.15, 0.2) is 163 Å². The van der Waals surface area contributed by atoms with Crippen molar-refractivity contribution in [1.29, 1.82) is 0 Å². The maximum atomic E-state index is 3.95. The summed E-state index contributed by atoms with van der Waals surface area (Å²) in [5.74, 6) is 0. The fraction of sp³-hybridized carbons (Fsp3) is 0.111. The third kappa shape index (κ3) is 3.87. The minimum Gasteiger partial charge on any atom is -0.309 e. The lowest BCUT2D eigenvalue weighted by molar-refractivity contribution is 0.431. The minimum absolute atomic E-state index is 0.225. The predicted molar refractivity (Wildman–Crippen MR) is 203 cm³/mol. The Balaban J connectivity index is 1.11. The number of hydrogen-bond acceptors (Lipinski definition) is 2. The zero-order chi connectivity index (χ0) is 32.3. The van der Waals surface area contributed by atoms with Crippen LogP contribution in [0.3, 0.4) is 0 Å². The van der Waals surface area contributed by atoms with Crippen molar-refractivity contribution < 1.29 is 0 Å². The van der Waals surface area contributed by atoms with Crippen molar-refractivity contribution in [3.63, 3.8) is 0 Å². The molecule has 2 aromatic heterocycles. The molecule has 3 aliphatic rings. The fourth-order valence-electron chi connectivity index (χ4n) is 8.93. The van der Waals surface area contributed by atoms with E-state index in [1.807, 2.05) is 0 Å². The van der Waals surface area contributed by atoms with E-state index in [1.54, 1.807) is 0 Å². The molecule has 0 amide bonds. The lowest BCUT2D eigenvalue weighted by Gasteiger charge is -2.39. The van der Waals surface area contributed by atoms with Gasteiger partial charge < -0.3 is 9.13 Å². The van der Waals surface area contributed by atoms with Crippen molar-refractivity contribution in [2.24, 2.45) is 0 Å². The maximum absolute atomic E-state index is 3.95. The summed E-state index contributed by atoms with van der Waals surface area (Å²) in [5, 5.41) is 12.7. The van der Waals surface area contributed by atoms with E-state index < -0.39 is 0 Å². The molecule has 0 radical (unpaired) electrons. The van der Waals surface area contributed by atoms with Crippen LogP contribution in [0.1, 0.15) is 18.1 Å². The lowest BCUT2D eigenvalue weighted by atomic mass is 9.68. The molecule has 234 valence electrons. The highest BCUT2D eigenvalue weighted by Gasteiger charge is 2.56. The highest BCUT2D eigenvalue weighted by Crippen LogP contribution is 2.48. The van der Waals surface area contributed by atoms with E-state index in [0.717, 1.165) is 0 Å². The average Bonchev–Trinajstić information content (AvgIpc) is 3.55. The minimum atomic E-state index is -0.256. The van der Waals surface area contributed by atoms with E-state index in [9.17, 15) is 0 Å². The van der Waals surface area contributed by atoms with Crippen molar-refractivity contribution in [3.05, 3.63) is 174 Å². The number of benzene rings is 6. The van der Waals surface area contributed by atoms with Crippen LogP contribution in [-0.4, -0.2) is 27.4 Å². The Hall–Kier alpha value is -5.68. The molecular weight excluding hydrogens is 597 g/mol. The van der Waals surface area contributed by atoms with Crippen LogP contribution in [-0.2, 0) is 5.41 Å². The summed E-state index contributed by atoms with van der Waals surface area (Å²) >= 11 is 0. The van der Waals surface area contributed by atoms with Gasteiger partial charge in [-0.2, -0.15) is 0 Å². The van der Waals surface area contributed by atoms with Crippen molar-refractivity contribution in [3.8, 4) is 11.4 Å². The van der Waals surface area contributed by atoms with Gasteiger partial charge in [-0.15, -0.1) is 0 Å². The molecule has 4 nitrogen and oxygen atoms in total. The van der Waals surface area contributed by atoms with Crippen molar-refractivity contribution in [1.82, 2.24) is 19.8 Å². The quantitative estimate of drug-likeness (QED) is 0.190. The van der Waals surface area contributed by atoms with E-state index in [4.69, 9.17) is 0 Å². The average molecular weight is 631 g/mol. The van der Waals surface area contributed by atoms with Gasteiger partial charge in [0.15, 0.2) is 0 Å². The second kappa shape index (κ2) is 9.93. The summed E-state index contributed by atoms with van der Waals surface area (Å²) < 4.78 is 4.82. The fourth-order valence-corrected chi connectivity index (χ4v) is 8.93. The number of allylic oxidation sites excluding steroid dienone is 2. The zero-order valence-electron chi connectivity index (χ0n) is 27.1. The van der Waals surface area contributed by atoms with Crippen LogP contribution in [0.25, 0.3) is 60.6 Å². The predicted octanol–water partition coefficient (Wildman–Crippen LogP) is 9.43. The van der Waals surface area contributed by atoms with Gasteiger partial charge in [0.2, 0.25) is 0 Å². The van der Waals surface area contributed by atoms with Gasteiger partial charge in [-0.3, -0.25) is 10.6 Å². The topological polar surface area (TPSA) is 43.8 Å². The van der Waals surface area contributed by atoms with Crippen LogP contribution in [0.5, 0.6) is 0 Å². The summed E-state index contributed by atoms with van der Waals surface area (Å²) in [5.41, 5.74) is 12.4. The number of aromatic nitrogens is 2. The van der Waals surface area contributed by atoms with E-state index in [-0.39, 0.29) is 11.5 Å². The molecule has 2 aliphatic heterocycles. The van der Waals surface area contributed by atoms with Crippen molar-refractivity contribution >= 4 is 49.2 Å². The number of nitrogens with zero attached hydrogens (tertiary/aromatic N) is 2. The first kappa shape index (κ1) is 27.3. The second-order valence-electron chi connectivity index (χ2n) is 14.1. The molecule has 11 rings (SSSR count). The third-order valence-corrected chi connectivity index (χ3v) is 11.3.